The van der Waals surface area contributed by atoms with E-state index in [4.69, 9.17) is 0 Å². The highest BCUT2D eigenvalue weighted by atomic mass is 16.1. The molecular weight excluding hydrogens is 336 g/mol. The molecule has 27 heavy (non-hydrogen) atoms. The highest BCUT2D eigenvalue weighted by Gasteiger charge is 2.10. The number of pyridine rings is 1. The van der Waals surface area contributed by atoms with E-state index in [1.54, 1.807) is 0 Å². The van der Waals surface area contributed by atoms with Gasteiger partial charge < -0.3 is 15.1 Å². The fourth-order valence-corrected chi connectivity index (χ4v) is 3.19. The van der Waals surface area contributed by atoms with Crippen molar-refractivity contribution in [1.29, 1.82) is 0 Å². The lowest BCUT2D eigenvalue weighted by molar-refractivity contribution is 0.0951. The van der Waals surface area contributed by atoms with Crippen molar-refractivity contribution in [2.24, 2.45) is 0 Å². The molecule has 2 rings (SSSR count). The Morgan fingerprint density at radius 1 is 1.00 bits per heavy atom. The maximum atomic E-state index is 12.4. The van der Waals surface area contributed by atoms with Crippen molar-refractivity contribution < 1.29 is 4.79 Å². The number of anilines is 2. The molecule has 1 heterocycles. The lowest BCUT2D eigenvalue weighted by Gasteiger charge is -2.27. The first-order chi connectivity index (χ1) is 13.0. The number of amides is 1. The summed E-state index contributed by atoms with van der Waals surface area (Å²) >= 11 is 0. The molecule has 0 spiro atoms. The third-order valence-electron chi connectivity index (χ3n) is 4.77. The minimum absolute atomic E-state index is 0.0676. The number of hydrogen-bond acceptors (Lipinski definition) is 4. The van der Waals surface area contributed by atoms with Crippen molar-refractivity contribution in [3.63, 3.8) is 0 Å². The smallest absolute Gasteiger partial charge is 0.251 e. The molecule has 1 aromatic heterocycles. The van der Waals surface area contributed by atoms with Gasteiger partial charge in [-0.3, -0.25) is 4.79 Å². The van der Waals surface area contributed by atoms with Gasteiger partial charge in [-0.2, -0.15) is 0 Å². The van der Waals surface area contributed by atoms with Crippen LogP contribution in [-0.2, 0) is 6.54 Å². The molecule has 0 saturated carbocycles. The predicted molar refractivity (Wildman–Crippen MR) is 114 cm³/mol. The maximum Gasteiger partial charge on any atom is 0.251 e. The average Bonchev–Trinajstić information content (AvgIpc) is 2.69. The lowest BCUT2D eigenvalue weighted by Crippen LogP contribution is -2.30. The summed E-state index contributed by atoms with van der Waals surface area (Å²) in [6.07, 6.45) is 1.83. The average molecular weight is 369 g/mol. The molecule has 0 bridgehead atoms. The molecule has 0 saturated heterocycles. The van der Waals surface area contributed by atoms with E-state index in [1.807, 2.05) is 42.6 Å². The number of nitrogens with one attached hydrogen (secondary N) is 1. The van der Waals surface area contributed by atoms with Gasteiger partial charge in [0, 0.05) is 49.7 Å². The highest BCUT2D eigenvalue weighted by molar-refractivity contribution is 5.94. The van der Waals surface area contributed by atoms with Crippen LogP contribution in [-0.4, -0.2) is 36.6 Å². The van der Waals surface area contributed by atoms with Crippen LogP contribution in [0.15, 0.2) is 42.6 Å². The van der Waals surface area contributed by atoms with Crippen LogP contribution in [0.3, 0.4) is 0 Å². The van der Waals surface area contributed by atoms with E-state index in [9.17, 15) is 4.79 Å². The molecule has 0 radical (unpaired) electrons. The summed E-state index contributed by atoms with van der Waals surface area (Å²) in [7, 11) is 0. The molecule has 0 atom stereocenters. The first kappa shape index (κ1) is 20.7. The second kappa shape index (κ2) is 9.95. The third kappa shape index (κ3) is 5.46. The number of hydrogen-bond donors (Lipinski definition) is 1. The minimum Gasteiger partial charge on any atom is -0.369 e. The van der Waals surface area contributed by atoms with E-state index in [0.29, 0.717) is 18.2 Å². The van der Waals surface area contributed by atoms with Crippen LogP contribution < -0.4 is 15.1 Å². The summed E-state index contributed by atoms with van der Waals surface area (Å²) in [4.78, 5) is 21.4. The molecule has 0 aliphatic heterocycles. The van der Waals surface area contributed by atoms with Crippen LogP contribution in [0.4, 0.5) is 11.5 Å². The molecule has 0 aliphatic rings. The Kier molecular flexibility index (Phi) is 7.65. The number of nitrogens with zero attached hydrogens (tertiary/aromatic N) is 3. The largest absolute Gasteiger partial charge is 0.369 e. The fourth-order valence-electron chi connectivity index (χ4n) is 3.19. The van der Waals surface area contributed by atoms with Gasteiger partial charge in [0.05, 0.1) is 0 Å². The van der Waals surface area contributed by atoms with Gasteiger partial charge in [0.25, 0.3) is 5.91 Å². The van der Waals surface area contributed by atoms with E-state index in [2.05, 4.69) is 54.7 Å². The summed E-state index contributed by atoms with van der Waals surface area (Å²) in [6.45, 7) is 14.0. The Balaban J connectivity index is 1.95. The van der Waals surface area contributed by atoms with Crippen molar-refractivity contribution in [2.75, 3.05) is 29.4 Å². The van der Waals surface area contributed by atoms with Gasteiger partial charge >= 0.3 is 0 Å². The van der Waals surface area contributed by atoms with Crippen molar-refractivity contribution in [3.05, 3.63) is 53.7 Å². The summed E-state index contributed by atoms with van der Waals surface area (Å²) in [5, 5.41) is 2.97. The van der Waals surface area contributed by atoms with E-state index < -0.39 is 0 Å². The number of aromatic nitrogens is 1. The first-order valence-corrected chi connectivity index (χ1v) is 9.84. The Morgan fingerprint density at radius 2 is 1.67 bits per heavy atom. The van der Waals surface area contributed by atoms with Crippen molar-refractivity contribution in [2.45, 2.75) is 47.2 Å². The van der Waals surface area contributed by atoms with Gasteiger partial charge in [-0.05, 0) is 70.5 Å². The summed E-state index contributed by atoms with van der Waals surface area (Å²) in [5.41, 5.74) is 2.80. The van der Waals surface area contributed by atoms with Crippen molar-refractivity contribution in [3.8, 4) is 0 Å². The number of benzene rings is 1. The molecule has 0 unspecified atom stereocenters. The summed E-state index contributed by atoms with van der Waals surface area (Å²) < 4.78 is 0. The Morgan fingerprint density at radius 3 is 2.15 bits per heavy atom. The first-order valence-electron chi connectivity index (χ1n) is 9.84. The van der Waals surface area contributed by atoms with Crippen LogP contribution in [0, 0.1) is 0 Å². The third-order valence-corrected chi connectivity index (χ3v) is 4.77. The second-order valence-electron chi connectivity index (χ2n) is 6.81. The number of carbonyl (C=O) groups is 1. The predicted octanol–water partition coefficient (Wildman–Crippen LogP) is 4.09. The van der Waals surface area contributed by atoms with Crippen molar-refractivity contribution >= 4 is 17.4 Å². The maximum absolute atomic E-state index is 12.4. The molecule has 2 aromatic rings. The van der Waals surface area contributed by atoms with Gasteiger partial charge in [0.2, 0.25) is 0 Å². The quantitative estimate of drug-likeness (QED) is 0.724. The van der Waals surface area contributed by atoms with Crippen LogP contribution in [0.5, 0.6) is 0 Å². The molecule has 0 fully saturated rings. The topological polar surface area (TPSA) is 48.5 Å². The standard InChI is InChI=1S/C22H32N4O/c1-6-25(7-2)21-14-9-18(15-23-21)16-24-22(27)19-10-12-20(13-11-19)26(8-3)17(4)5/h9-15,17H,6-8,16H2,1-5H3,(H,24,27). The Hall–Kier alpha value is -2.56. The lowest BCUT2D eigenvalue weighted by atomic mass is 10.1. The molecular formula is C22H32N4O. The zero-order valence-corrected chi connectivity index (χ0v) is 17.2. The SMILES string of the molecule is CCN(CC)c1ccc(CNC(=O)c2ccc(N(CC)C(C)C)cc2)cn1. The molecule has 0 aliphatic carbocycles. The van der Waals surface area contributed by atoms with Gasteiger partial charge in [0.15, 0.2) is 0 Å². The van der Waals surface area contributed by atoms with Crippen LogP contribution >= 0.6 is 0 Å². The monoisotopic (exact) mass is 368 g/mol. The number of rotatable bonds is 9. The van der Waals surface area contributed by atoms with Crippen LogP contribution in [0.2, 0.25) is 0 Å². The van der Waals surface area contributed by atoms with Gasteiger partial charge in [-0.15, -0.1) is 0 Å². The van der Waals surface area contributed by atoms with E-state index in [-0.39, 0.29) is 5.91 Å². The minimum atomic E-state index is -0.0676. The van der Waals surface area contributed by atoms with Crippen LogP contribution in [0.25, 0.3) is 0 Å². The fraction of sp³-hybridized carbons (Fsp3) is 0.455. The highest BCUT2D eigenvalue weighted by Crippen LogP contribution is 2.18. The van der Waals surface area contributed by atoms with E-state index in [0.717, 1.165) is 36.7 Å². The Labute approximate surface area is 163 Å². The zero-order valence-electron chi connectivity index (χ0n) is 17.2. The normalized spacial score (nSPS) is 10.7. The second-order valence-corrected chi connectivity index (χ2v) is 6.81. The molecule has 1 aromatic carbocycles. The van der Waals surface area contributed by atoms with E-state index in [1.165, 1.54) is 0 Å². The van der Waals surface area contributed by atoms with Crippen molar-refractivity contribution in [1.82, 2.24) is 10.3 Å². The molecule has 1 amide bonds. The Bertz CT molecular complexity index is 706. The summed E-state index contributed by atoms with van der Waals surface area (Å²) in [6, 6.07) is 12.3. The zero-order chi connectivity index (χ0) is 19.8. The summed E-state index contributed by atoms with van der Waals surface area (Å²) in [5.74, 6) is 0.901. The van der Waals surface area contributed by atoms with Gasteiger partial charge in [-0.25, -0.2) is 4.98 Å². The molecule has 146 valence electrons. The van der Waals surface area contributed by atoms with Gasteiger partial charge in [-0.1, -0.05) is 6.07 Å². The van der Waals surface area contributed by atoms with Crippen LogP contribution in [0.1, 0.15) is 50.5 Å². The van der Waals surface area contributed by atoms with Gasteiger partial charge in [0.1, 0.15) is 5.82 Å². The number of carbonyl (C=O) groups excluding carboxylic acids is 1. The van der Waals surface area contributed by atoms with E-state index >= 15 is 0 Å². The molecule has 1 N–H and O–H groups in total. The molecule has 5 nitrogen and oxygen atoms in total. The molecule has 5 heteroatoms.